The Kier molecular flexibility index (Phi) is 4.38. The predicted octanol–water partition coefficient (Wildman–Crippen LogP) is 3.44. The first kappa shape index (κ1) is 13.9. The molecule has 6 heteroatoms. The van der Waals surface area contributed by atoms with Crippen molar-refractivity contribution in [1.29, 1.82) is 0 Å². The summed E-state index contributed by atoms with van der Waals surface area (Å²) in [6.45, 7) is 3.64. The number of anilines is 1. The molecule has 1 heterocycles. The highest BCUT2D eigenvalue weighted by molar-refractivity contribution is 6.42. The number of carbonyl (C=O) groups excluding carboxylic acids is 1. The Bertz CT molecular complexity index is 451. The standard InChI is InChI=1S/C12H13Cl3N2O/c1-6(7-4-16-5-7)12(18)17-11-9(14)2-8(13)3-10(11)15/h2-3,6-7,16H,4-5H2,1H3,(H,17,18). The number of hydrogen-bond acceptors (Lipinski definition) is 2. The van der Waals surface area contributed by atoms with E-state index in [1.165, 1.54) is 0 Å². The van der Waals surface area contributed by atoms with Gasteiger partial charge in [0, 0.05) is 10.9 Å². The molecule has 0 radical (unpaired) electrons. The second-order valence-corrected chi connectivity index (χ2v) is 5.69. The van der Waals surface area contributed by atoms with E-state index in [2.05, 4.69) is 10.6 Å². The van der Waals surface area contributed by atoms with Gasteiger partial charge in [-0.1, -0.05) is 41.7 Å². The fourth-order valence-corrected chi connectivity index (χ4v) is 2.69. The Morgan fingerprint density at radius 1 is 1.33 bits per heavy atom. The van der Waals surface area contributed by atoms with Gasteiger partial charge in [-0.2, -0.15) is 0 Å². The third kappa shape index (κ3) is 2.91. The highest BCUT2D eigenvalue weighted by Crippen LogP contribution is 2.34. The van der Waals surface area contributed by atoms with Crippen LogP contribution in [0.25, 0.3) is 0 Å². The van der Waals surface area contributed by atoms with Crippen molar-refractivity contribution in [3.05, 3.63) is 27.2 Å². The minimum absolute atomic E-state index is 0.0749. The summed E-state index contributed by atoms with van der Waals surface area (Å²) in [5, 5.41) is 7.04. The van der Waals surface area contributed by atoms with Gasteiger partial charge in [0.2, 0.25) is 5.91 Å². The Labute approximate surface area is 121 Å². The first-order valence-electron chi connectivity index (χ1n) is 5.65. The molecule has 1 aliphatic rings. The molecular formula is C12H13Cl3N2O. The van der Waals surface area contributed by atoms with Crippen LogP contribution in [-0.4, -0.2) is 19.0 Å². The molecule has 98 valence electrons. The van der Waals surface area contributed by atoms with Crippen molar-refractivity contribution < 1.29 is 4.79 Å². The van der Waals surface area contributed by atoms with Crippen molar-refractivity contribution in [2.24, 2.45) is 11.8 Å². The summed E-state index contributed by atoms with van der Waals surface area (Å²) in [6, 6.07) is 3.11. The van der Waals surface area contributed by atoms with E-state index in [1.807, 2.05) is 6.92 Å². The number of benzene rings is 1. The molecule has 1 atom stereocenters. The number of hydrogen-bond donors (Lipinski definition) is 2. The lowest BCUT2D eigenvalue weighted by atomic mass is 9.88. The molecule has 0 bridgehead atoms. The molecule has 1 aromatic rings. The van der Waals surface area contributed by atoms with Gasteiger partial charge in [-0.05, 0) is 31.1 Å². The van der Waals surface area contributed by atoms with Gasteiger partial charge in [-0.25, -0.2) is 0 Å². The van der Waals surface area contributed by atoms with Crippen LogP contribution in [-0.2, 0) is 4.79 Å². The molecular weight excluding hydrogens is 295 g/mol. The van der Waals surface area contributed by atoms with Crippen molar-refractivity contribution >= 4 is 46.4 Å². The first-order valence-corrected chi connectivity index (χ1v) is 6.78. The van der Waals surface area contributed by atoms with E-state index < -0.39 is 0 Å². The van der Waals surface area contributed by atoms with Crippen LogP contribution in [0.2, 0.25) is 15.1 Å². The molecule has 3 nitrogen and oxygen atoms in total. The van der Waals surface area contributed by atoms with E-state index in [0.717, 1.165) is 13.1 Å². The number of amides is 1. The maximum atomic E-state index is 12.0. The van der Waals surface area contributed by atoms with Crippen molar-refractivity contribution in [3.63, 3.8) is 0 Å². The van der Waals surface area contributed by atoms with E-state index in [1.54, 1.807) is 12.1 Å². The summed E-state index contributed by atoms with van der Waals surface area (Å²) in [6.07, 6.45) is 0. The molecule has 0 aromatic heterocycles. The van der Waals surface area contributed by atoms with E-state index in [-0.39, 0.29) is 11.8 Å². The lowest BCUT2D eigenvalue weighted by Crippen LogP contribution is -2.48. The van der Waals surface area contributed by atoms with Gasteiger partial charge in [0.05, 0.1) is 15.7 Å². The lowest BCUT2D eigenvalue weighted by Gasteiger charge is -2.31. The van der Waals surface area contributed by atoms with Crippen LogP contribution in [0.4, 0.5) is 5.69 Å². The van der Waals surface area contributed by atoms with E-state index in [9.17, 15) is 4.79 Å². The fraction of sp³-hybridized carbons (Fsp3) is 0.417. The monoisotopic (exact) mass is 306 g/mol. The van der Waals surface area contributed by atoms with Crippen LogP contribution in [0, 0.1) is 11.8 Å². The molecule has 1 amide bonds. The highest BCUT2D eigenvalue weighted by atomic mass is 35.5. The average molecular weight is 308 g/mol. The van der Waals surface area contributed by atoms with E-state index in [4.69, 9.17) is 34.8 Å². The van der Waals surface area contributed by atoms with Crippen LogP contribution in [0.1, 0.15) is 6.92 Å². The molecule has 0 spiro atoms. The molecule has 0 saturated carbocycles. The van der Waals surface area contributed by atoms with Crippen LogP contribution < -0.4 is 10.6 Å². The smallest absolute Gasteiger partial charge is 0.227 e. The maximum Gasteiger partial charge on any atom is 0.227 e. The zero-order chi connectivity index (χ0) is 13.3. The number of rotatable bonds is 3. The average Bonchev–Trinajstić information content (AvgIpc) is 2.20. The second kappa shape index (κ2) is 5.66. The van der Waals surface area contributed by atoms with Gasteiger partial charge < -0.3 is 10.6 Å². The molecule has 0 aliphatic carbocycles. The third-order valence-corrected chi connectivity index (χ3v) is 4.00. The Balaban J connectivity index is 2.11. The summed E-state index contributed by atoms with van der Waals surface area (Å²) >= 11 is 17.8. The predicted molar refractivity (Wildman–Crippen MR) is 75.6 cm³/mol. The molecule has 18 heavy (non-hydrogen) atoms. The SMILES string of the molecule is CC(C(=O)Nc1c(Cl)cc(Cl)cc1Cl)C1CNC1. The van der Waals surface area contributed by atoms with Crippen molar-refractivity contribution in [2.75, 3.05) is 18.4 Å². The van der Waals surface area contributed by atoms with Gasteiger partial charge in [0.1, 0.15) is 0 Å². The molecule has 1 fully saturated rings. The Hall–Kier alpha value is -0.480. The summed E-state index contributed by atoms with van der Waals surface area (Å²) < 4.78 is 0. The first-order chi connectivity index (χ1) is 8.49. The second-order valence-electron chi connectivity index (χ2n) is 4.44. The number of nitrogens with one attached hydrogen (secondary N) is 2. The van der Waals surface area contributed by atoms with Crippen molar-refractivity contribution in [3.8, 4) is 0 Å². The number of halogens is 3. The summed E-state index contributed by atoms with van der Waals surface area (Å²) in [7, 11) is 0. The fourth-order valence-electron chi connectivity index (χ4n) is 1.78. The van der Waals surface area contributed by atoms with Crippen molar-refractivity contribution in [1.82, 2.24) is 5.32 Å². The minimum atomic E-state index is -0.0763. The lowest BCUT2D eigenvalue weighted by molar-refractivity contribution is -0.121. The minimum Gasteiger partial charge on any atom is -0.323 e. The van der Waals surface area contributed by atoms with Gasteiger partial charge in [0.25, 0.3) is 0 Å². The zero-order valence-electron chi connectivity index (χ0n) is 9.77. The summed E-state index contributed by atoms with van der Waals surface area (Å²) in [4.78, 5) is 12.0. The normalized spacial score (nSPS) is 17.1. The van der Waals surface area contributed by atoms with E-state index >= 15 is 0 Å². The largest absolute Gasteiger partial charge is 0.323 e. The van der Waals surface area contributed by atoms with Crippen molar-refractivity contribution in [2.45, 2.75) is 6.92 Å². The van der Waals surface area contributed by atoms with Gasteiger partial charge in [-0.15, -0.1) is 0 Å². The van der Waals surface area contributed by atoms with E-state index in [0.29, 0.717) is 26.7 Å². The molecule has 1 saturated heterocycles. The van der Waals surface area contributed by atoms with Crippen LogP contribution in [0.15, 0.2) is 12.1 Å². The van der Waals surface area contributed by atoms with Crippen LogP contribution >= 0.6 is 34.8 Å². The number of carbonyl (C=O) groups is 1. The molecule has 1 aromatic carbocycles. The van der Waals surface area contributed by atoms with Crippen LogP contribution in [0.5, 0.6) is 0 Å². The zero-order valence-corrected chi connectivity index (χ0v) is 12.0. The maximum absolute atomic E-state index is 12.0. The third-order valence-electron chi connectivity index (χ3n) is 3.19. The van der Waals surface area contributed by atoms with Gasteiger partial charge in [0.15, 0.2) is 0 Å². The van der Waals surface area contributed by atoms with Gasteiger partial charge >= 0.3 is 0 Å². The topological polar surface area (TPSA) is 41.1 Å². The molecule has 1 unspecified atom stereocenters. The molecule has 2 N–H and O–H groups in total. The molecule has 2 rings (SSSR count). The molecule has 1 aliphatic heterocycles. The quantitative estimate of drug-likeness (QED) is 0.898. The Morgan fingerprint density at radius 2 is 1.89 bits per heavy atom. The van der Waals surface area contributed by atoms with Gasteiger partial charge in [-0.3, -0.25) is 4.79 Å². The Morgan fingerprint density at radius 3 is 2.33 bits per heavy atom. The summed E-state index contributed by atoms with van der Waals surface area (Å²) in [5.74, 6) is 0.219. The summed E-state index contributed by atoms with van der Waals surface area (Å²) in [5.41, 5.74) is 0.423. The van der Waals surface area contributed by atoms with Crippen LogP contribution in [0.3, 0.4) is 0 Å². The highest BCUT2D eigenvalue weighted by Gasteiger charge is 2.29.